The van der Waals surface area contributed by atoms with Gasteiger partial charge >= 0.3 is 40.1 Å². The van der Waals surface area contributed by atoms with Gasteiger partial charge in [0.1, 0.15) is 0 Å². The van der Waals surface area contributed by atoms with Crippen molar-refractivity contribution in [2.45, 2.75) is 6.92 Å². The first-order valence-electron chi connectivity index (χ1n) is 3.06. The smallest absolute Gasteiger partial charge is 1.00 e. The summed E-state index contributed by atoms with van der Waals surface area (Å²) in [5.41, 5.74) is 1.55. The third kappa shape index (κ3) is 4.01. The van der Waals surface area contributed by atoms with Gasteiger partial charge in [-0.3, -0.25) is 0 Å². The van der Waals surface area contributed by atoms with Gasteiger partial charge in [-0.1, -0.05) is 17.7 Å². The summed E-state index contributed by atoms with van der Waals surface area (Å²) in [4.78, 5) is 0. The van der Waals surface area contributed by atoms with Crippen LogP contribution >= 0.6 is 0 Å². The molecule has 0 amide bonds. The Morgan fingerprint density at radius 3 is 2.17 bits per heavy atom. The first-order chi connectivity index (χ1) is 5.18. The van der Waals surface area contributed by atoms with Gasteiger partial charge in [-0.2, -0.15) is 8.42 Å². The van der Waals surface area contributed by atoms with Crippen molar-refractivity contribution < 1.29 is 39.4 Å². The molecule has 3 nitrogen and oxygen atoms in total. The van der Waals surface area contributed by atoms with Crippen LogP contribution in [0, 0.1) is 6.92 Å². The summed E-state index contributed by atoms with van der Waals surface area (Å²) in [5, 5.41) is 0. The molecule has 0 N–H and O–H groups in total. The second-order valence-electron chi connectivity index (χ2n) is 2.14. The summed E-state index contributed by atoms with van der Waals surface area (Å²) in [5.74, 6) is 0. The van der Waals surface area contributed by atoms with E-state index in [1.165, 1.54) is 0 Å². The van der Waals surface area contributed by atoms with Crippen LogP contribution in [-0.4, -0.2) is 8.42 Å². The topological polar surface area (TPSA) is 46.5 Å². The van der Waals surface area contributed by atoms with E-state index in [0.29, 0.717) is 5.69 Å². The number of nitrogens with zero attached hydrogens (tertiary/aromatic N) is 1. The van der Waals surface area contributed by atoms with E-state index < -0.39 is 10.5 Å². The largest absolute Gasteiger partial charge is 1.00 e. The molecular weight excluding hydrogens is 185 g/mol. The number of benzene rings is 1. The summed E-state index contributed by atoms with van der Waals surface area (Å²) in [6, 6.07) is 6.94. The fraction of sp³-hybridized carbons (Fsp3) is 0.143. The van der Waals surface area contributed by atoms with Gasteiger partial charge in [-0.25, -0.2) is 0 Å². The molecule has 0 aliphatic rings. The van der Waals surface area contributed by atoms with Gasteiger partial charge in [0.05, 0.1) is 5.69 Å². The van der Waals surface area contributed by atoms with Crippen LogP contribution in [0.15, 0.2) is 28.6 Å². The molecule has 0 radical (unpaired) electrons. The van der Waals surface area contributed by atoms with Crippen molar-refractivity contribution in [2.75, 3.05) is 0 Å². The maximum absolute atomic E-state index is 10.1. The molecular formula is C7H8NNaO2S. The molecule has 5 heteroatoms. The van der Waals surface area contributed by atoms with E-state index in [2.05, 4.69) is 4.36 Å². The number of aryl methyl sites for hydroxylation is 1. The zero-order chi connectivity index (χ0) is 8.27. The van der Waals surface area contributed by atoms with Crippen LogP contribution in [0.1, 0.15) is 6.99 Å². The van der Waals surface area contributed by atoms with Crippen molar-refractivity contribution in [2.24, 2.45) is 4.36 Å². The van der Waals surface area contributed by atoms with Gasteiger partial charge in [0, 0.05) is 0 Å². The predicted octanol–water partition coefficient (Wildman–Crippen LogP) is -1.19. The molecule has 1 aromatic carbocycles. The minimum Gasteiger partial charge on any atom is -1.00 e. The normalized spacial score (nSPS) is 8.42. The molecule has 12 heavy (non-hydrogen) atoms. The van der Waals surface area contributed by atoms with Crippen molar-refractivity contribution >= 4 is 16.2 Å². The average Bonchev–Trinajstić information content (AvgIpc) is 1.93. The molecule has 0 aliphatic carbocycles. The summed E-state index contributed by atoms with van der Waals surface area (Å²) in [6.07, 6.45) is 0. The van der Waals surface area contributed by atoms with Crippen molar-refractivity contribution in [1.82, 2.24) is 0 Å². The first kappa shape index (κ1) is 11.8. The van der Waals surface area contributed by atoms with Gasteiger partial charge in [-0.05, 0) is 19.1 Å². The summed E-state index contributed by atoms with van der Waals surface area (Å²) in [6.45, 7) is 1.93. The molecule has 0 aromatic heterocycles. The van der Waals surface area contributed by atoms with Crippen molar-refractivity contribution in [3.63, 3.8) is 0 Å². The Hall–Kier alpha value is -0.160. The molecule has 0 aliphatic heterocycles. The van der Waals surface area contributed by atoms with E-state index in [-0.39, 0.29) is 31.0 Å². The Kier molecular flexibility index (Phi) is 5.41. The molecule has 0 unspecified atom stereocenters. The Bertz CT molecular complexity index is 366. The fourth-order valence-corrected chi connectivity index (χ4v) is 0.986. The van der Waals surface area contributed by atoms with Crippen molar-refractivity contribution in [3.05, 3.63) is 29.8 Å². The van der Waals surface area contributed by atoms with E-state index in [4.69, 9.17) is 0 Å². The number of rotatable bonds is 1. The summed E-state index contributed by atoms with van der Waals surface area (Å²) >= 11 is 0. The van der Waals surface area contributed by atoms with Crippen LogP contribution in [0.25, 0.3) is 0 Å². The van der Waals surface area contributed by atoms with Gasteiger partial charge in [-0.15, -0.1) is 4.36 Å². The number of hydrogen-bond donors (Lipinski definition) is 0. The van der Waals surface area contributed by atoms with Gasteiger partial charge < -0.3 is 1.43 Å². The maximum Gasteiger partial charge on any atom is 1.00 e. The second kappa shape index (κ2) is 5.48. The van der Waals surface area contributed by atoms with Gasteiger partial charge in [0.15, 0.2) is 0 Å². The summed E-state index contributed by atoms with van der Waals surface area (Å²) in [7, 11) is -2.35. The van der Waals surface area contributed by atoms with E-state index in [0.717, 1.165) is 5.56 Å². The third-order valence-electron chi connectivity index (χ3n) is 1.21. The van der Waals surface area contributed by atoms with Crippen LogP contribution in [-0.2, 0) is 10.5 Å². The molecule has 0 heterocycles. The standard InChI is InChI=1S/C7H7NO2S.Na.H/c1-6-2-4-7(5-3-6)8-11(9)10;;/h2-5H,1H3;;/q;+1;-1. The van der Waals surface area contributed by atoms with Crippen LogP contribution < -0.4 is 29.6 Å². The minimum atomic E-state index is -2.35. The van der Waals surface area contributed by atoms with E-state index in [1.807, 2.05) is 19.1 Å². The SMILES string of the molecule is Cc1ccc(N=S(=O)=O)cc1.[H-].[Na+]. The van der Waals surface area contributed by atoms with Crippen LogP contribution in [0.3, 0.4) is 0 Å². The zero-order valence-corrected chi connectivity index (χ0v) is 9.80. The van der Waals surface area contributed by atoms with E-state index in [9.17, 15) is 8.42 Å². The van der Waals surface area contributed by atoms with Crippen molar-refractivity contribution in [3.8, 4) is 0 Å². The molecule has 0 bridgehead atoms. The fourth-order valence-electron chi connectivity index (χ4n) is 0.692. The zero-order valence-electron chi connectivity index (χ0n) is 7.98. The second-order valence-corrected chi connectivity index (χ2v) is 2.76. The Balaban J connectivity index is 0. The summed E-state index contributed by atoms with van der Waals surface area (Å²) < 4.78 is 23.5. The Morgan fingerprint density at radius 1 is 1.25 bits per heavy atom. The molecule has 0 spiro atoms. The van der Waals surface area contributed by atoms with E-state index in [1.54, 1.807) is 12.1 Å². The first-order valence-corrected chi connectivity index (χ1v) is 4.09. The van der Waals surface area contributed by atoms with Gasteiger partial charge in [0.2, 0.25) is 0 Å². The molecule has 1 rings (SSSR count). The maximum atomic E-state index is 10.1. The van der Waals surface area contributed by atoms with Crippen molar-refractivity contribution in [1.29, 1.82) is 0 Å². The predicted molar refractivity (Wildman–Crippen MR) is 43.3 cm³/mol. The van der Waals surface area contributed by atoms with E-state index >= 15 is 0 Å². The molecule has 0 saturated heterocycles. The molecule has 1 aromatic rings. The number of hydrogen-bond acceptors (Lipinski definition) is 3. The van der Waals surface area contributed by atoms with Gasteiger partial charge in [0.25, 0.3) is 0 Å². The van der Waals surface area contributed by atoms with Crippen LogP contribution in [0.4, 0.5) is 5.69 Å². The van der Waals surface area contributed by atoms with Crippen LogP contribution in [0.5, 0.6) is 0 Å². The molecule has 60 valence electrons. The molecule has 0 atom stereocenters. The van der Waals surface area contributed by atoms with Crippen LogP contribution in [0.2, 0.25) is 0 Å². The average molecular weight is 193 g/mol. The minimum absolute atomic E-state index is 0. The third-order valence-corrected chi connectivity index (χ3v) is 1.57. The molecule has 0 fully saturated rings. The monoisotopic (exact) mass is 193 g/mol. The Labute approximate surface area is 96.3 Å². The molecule has 0 saturated carbocycles. The quantitative estimate of drug-likeness (QED) is 0.526. The Morgan fingerprint density at radius 2 is 1.75 bits per heavy atom.